The van der Waals surface area contributed by atoms with E-state index in [1.165, 1.54) is 0 Å². The van der Waals surface area contributed by atoms with Gasteiger partial charge in [-0.05, 0) is 30.3 Å². The van der Waals surface area contributed by atoms with Crippen molar-refractivity contribution in [2.24, 2.45) is 0 Å². The molecule has 2 aliphatic heterocycles. The lowest BCUT2D eigenvalue weighted by Gasteiger charge is -2.32. The maximum atomic E-state index is 9.71. The first-order valence-corrected chi connectivity index (χ1v) is 11.0. The fourth-order valence-corrected chi connectivity index (χ4v) is 4.32. The molecule has 0 saturated carbocycles. The van der Waals surface area contributed by atoms with E-state index in [4.69, 9.17) is 24.2 Å². The third-order valence-electron chi connectivity index (χ3n) is 6.07. The van der Waals surface area contributed by atoms with Crippen molar-refractivity contribution in [1.29, 1.82) is 0 Å². The molecule has 2 fully saturated rings. The van der Waals surface area contributed by atoms with Gasteiger partial charge in [0.2, 0.25) is 0 Å². The standard InChI is InChI=1S/C24H28N4O4/c1-30-22-5-2-17(14-18(22)16-29)20-4-3-19-21(27-6-10-31-11-7-27)15-23(26-24(19)25-20)28-8-12-32-13-9-28/h2-5,14-15,29H,6-13,16H2,1H3. The molecule has 2 aromatic heterocycles. The number of rotatable bonds is 5. The summed E-state index contributed by atoms with van der Waals surface area (Å²) >= 11 is 0. The molecule has 8 nitrogen and oxygen atoms in total. The summed E-state index contributed by atoms with van der Waals surface area (Å²) in [6.07, 6.45) is 0. The van der Waals surface area contributed by atoms with Crippen molar-refractivity contribution in [3.63, 3.8) is 0 Å². The van der Waals surface area contributed by atoms with Gasteiger partial charge in [-0.15, -0.1) is 0 Å². The van der Waals surface area contributed by atoms with Gasteiger partial charge in [-0.1, -0.05) is 0 Å². The molecule has 0 radical (unpaired) electrons. The fraction of sp³-hybridized carbons (Fsp3) is 0.417. The Kier molecular flexibility index (Phi) is 6.07. The van der Waals surface area contributed by atoms with E-state index in [9.17, 15) is 5.11 Å². The van der Waals surface area contributed by atoms with E-state index in [1.54, 1.807) is 7.11 Å². The highest BCUT2D eigenvalue weighted by Gasteiger charge is 2.20. The second-order valence-corrected chi connectivity index (χ2v) is 7.95. The number of morpholine rings is 2. The number of methoxy groups -OCH3 is 1. The highest BCUT2D eigenvalue weighted by atomic mass is 16.5. The van der Waals surface area contributed by atoms with Gasteiger partial charge in [0.25, 0.3) is 0 Å². The number of ether oxygens (including phenoxy) is 3. The number of hydrogen-bond donors (Lipinski definition) is 1. The molecule has 3 aromatic rings. The zero-order valence-electron chi connectivity index (χ0n) is 18.3. The molecule has 1 N–H and O–H groups in total. The molecule has 0 amide bonds. The molecule has 0 bridgehead atoms. The Bertz CT molecular complexity index is 1090. The van der Waals surface area contributed by atoms with Crippen LogP contribution in [-0.2, 0) is 16.1 Å². The van der Waals surface area contributed by atoms with E-state index in [2.05, 4.69) is 21.9 Å². The average Bonchev–Trinajstić information content (AvgIpc) is 2.88. The third kappa shape index (κ3) is 4.09. The molecule has 32 heavy (non-hydrogen) atoms. The van der Waals surface area contributed by atoms with E-state index in [-0.39, 0.29) is 6.61 Å². The molecule has 5 rings (SSSR count). The van der Waals surface area contributed by atoms with Gasteiger partial charge in [0, 0.05) is 48.8 Å². The summed E-state index contributed by atoms with van der Waals surface area (Å²) in [5, 5.41) is 10.7. The van der Waals surface area contributed by atoms with Crippen molar-refractivity contribution in [1.82, 2.24) is 9.97 Å². The average molecular weight is 437 g/mol. The van der Waals surface area contributed by atoms with Gasteiger partial charge in [0.1, 0.15) is 11.6 Å². The highest BCUT2D eigenvalue weighted by Crippen LogP contribution is 2.33. The number of fused-ring (bicyclic) bond motifs is 1. The van der Waals surface area contributed by atoms with Gasteiger partial charge < -0.3 is 29.1 Å². The minimum absolute atomic E-state index is 0.0921. The van der Waals surface area contributed by atoms with Crippen molar-refractivity contribution in [3.8, 4) is 17.0 Å². The second kappa shape index (κ2) is 9.28. The fourth-order valence-electron chi connectivity index (χ4n) is 4.32. The third-order valence-corrected chi connectivity index (χ3v) is 6.07. The number of pyridine rings is 2. The predicted octanol–water partition coefficient (Wildman–Crippen LogP) is 2.47. The molecular formula is C24H28N4O4. The van der Waals surface area contributed by atoms with Gasteiger partial charge in [-0.2, -0.15) is 0 Å². The topological polar surface area (TPSA) is 80.2 Å². The van der Waals surface area contributed by atoms with E-state index in [0.717, 1.165) is 73.1 Å². The molecule has 168 valence electrons. The summed E-state index contributed by atoms with van der Waals surface area (Å²) in [5.41, 5.74) is 4.33. The molecule has 0 spiro atoms. The van der Waals surface area contributed by atoms with Gasteiger partial charge in [0.15, 0.2) is 5.65 Å². The highest BCUT2D eigenvalue weighted by molar-refractivity contribution is 5.93. The molecule has 2 aliphatic rings. The van der Waals surface area contributed by atoms with Crippen molar-refractivity contribution in [2.45, 2.75) is 6.61 Å². The smallest absolute Gasteiger partial charge is 0.164 e. The predicted molar refractivity (Wildman–Crippen MR) is 124 cm³/mol. The summed E-state index contributed by atoms with van der Waals surface area (Å²) < 4.78 is 16.4. The van der Waals surface area contributed by atoms with Crippen molar-refractivity contribution >= 4 is 22.5 Å². The van der Waals surface area contributed by atoms with Gasteiger partial charge in [-0.25, -0.2) is 9.97 Å². The lowest BCUT2D eigenvalue weighted by atomic mass is 10.1. The lowest BCUT2D eigenvalue weighted by Crippen LogP contribution is -2.38. The summed E-state index contributed by atoms with van der Waals surface area (Å²) in [5.74, 6) is 1.59. The summed E-state index contributed by atoms with van der Waals surface area (Å²) in [7, 11) is 1.60. The van der Waals surface area contributed by atoms with Crippen LogP contribution < -0.4 is 14.5 Å². The molecule has 0 atom stereocenters. The Morgan fingerprint density at radius 2 is 1.62 bits per heavy atom. The van der Waals surface area contributed by atoms with Crippen molar-refractivity contribution in [3.05, 3.63) is 42.0 Å². The monoisotopic (exact) mass is 436 g/mol. The van der Waals surface area contributed by atoms with Crippen LogP contribution in [0.2, 0.25) is 0 Å². The first kappa shape index (κ1) is 20.9. The zero-order valence-corrected chi connectivity index (χ0v) is 18.3. The summed E-state index contributed by atoms with van der Waals surface area (Å²) in [6.45, 7) is 6.09. The maximum Gasteiger partial charge on any atom is 0.164 e. The van der Waals surface area contributed by atoms with E-state index >= 15 is 0 Å². The van der Waals surface area contributed by atoms with Crippen molar-refractivity contribution < 1.29 is 19.3 Å². The number of aliphatic hydroxyl groups excluding tert-OH is 1. The van der Waals surface area contributed by atoms with Crippen LogP contribution in [0.15, 0.2) is 36.4 Å². The number of anilines is 2. The lowest BCUT2D eigenvalue weighted by molar-refractivity contribution is 0.122. The van der Waals surface area contributed by atoms with Gasteiger partial charge in [-0.3, -0.25) is 0 Å². The Labute approximate surface area is 187 Å². The Morgan fingerprint density at radius 3 is 2.31 bits per heavy atom. The first-order valence-electron chi connectivity index (χ1n) is 11.0. The summed E-state index contributed by atoms with van der Waals surface area (Å²) in [4.78, 5) is 14.5. The van der Waals surface area contributed by atoms with E-state index in [1.807, 2.05) is 24.3 Å². The first-order chi connectivity index (χ1) is 15.8. The van der Waals surface area contributed by atoms with Crippen LogP contribution in [0.1, 0.15) is 5.56 Å². The molecule has 1 aromatic carbocycles. The van der Waals surface area contributed by atoms with Crippen molar-refractivity contribution in [2.75, 3.05) is 69.5 Å². The molecule has 0 unspecified atom stereocenters. The Balaban J connectivity index is 1.60. The number of aliphatic hydroxyl groups is 1. The number of hydrogen-bond acceptors (Lipinski definition) is 8. The molecule has 2 saturated heterocycles. The molecule has 8 heteroatoms. The molecular weight excluding hydrogens is 408 g/mol. The van der Waals surface area contributed by atoms with Gasteiger partial charge in [0.05, 0.1) is 51.5 Å². The molecule has 0 aliphatic carbocycles. The van der Waals surface area contributed by atoms with Crippen LogP contribution in [0, 0.1) is 0 Å². The number of benzene rings is 1. The van der Waals surface area contributed by atoms with Crippen LogP contribution in [0.3, 0.4) is 0 Å². The summed E-state index contributed by atoms with van der Waals surface area (Å²) in [6, 6.07) is 12.0. The van der Waals surface area contributed by atoms with Crippen LogP contribution in [0.5, 0.6) is 5.75 Å². The van der Waals surface area contributed by atoms with Crippen LogP contribution in [0.4, 0.5) is 11.5 Å². The zero-order chi connectivity index (χ0) is 21.9. The van der Waals surface area contributed by atoms with Gasteiger partial charge >= 0.3 is 0 Å². The van der Waals surface area contributed by atoms with E-state index in [0.29, 0.717) is 24.6 Å². The normalized spacial score (nSPS) is 17.1. The van der Waals surface area contributed by atoms with E-state index < -0.39 is 0 Å². The van der Waals surface area contributed by atoms with Crippen LogP contribution in [0.25, 0.3) is 22.3 Å². The minimum atomic E-state index is -0.0921. The molecule has 4 heterocycles. The maximum absolute atomic E-state index is 9.71. The van der Waals surface area contributed by atoms with Crippen LogP contribution >= 0.6 is 0 Å². The number of aromatic nitrogens is 2. The minimum Gasteiger partial charge on any atom is -0.496 e. The second-order valence-electron chi connectivity index (χ2n) is 7.95. The SMILES string of the molecule is COc1ccc(-c2ccc3c(N4CCOCC4)cc(N4CCOCC4)nc3n2)cc1CO. The largest absolute Gasteiger partial charge is 0.496 e. The van der Waals surface area contributed by atoms with Crippen LogP contribution in [-0.4, -0.2) is 74.8 Å². The Hall–Kier alpha value is -2.94. The Morgan fingerprint density at radius 1 is 0.906 bits per heavy atom. The quantitative estimate of drug-likeness (QED) is 0.654. The number of nitrogens with zero attached hydrogens (tertiary/aromatic N) is 4.